The van der Waals surface area contributed by atoms with E-state index in [0.717, 1.165) is 26.9 Å². The largest absolute Gasteiger partial charge is 0.265 e. The van der Waals surface area contributed by atoms with Crippen molar-refractivity contribution in [1.82, 2.24) is 24.8 Å². The van der Waals surface area contributed by atoms with E-state index >= 15 is 0 Å². The van der Waals surface area contributed by atoms with E-state index in [9.17, 15) is 0 Å². The Morgan fingerprint density at radius 2 is 1.89 bits per heavy atom. The molecule has 0 saturated heterocycles. The van der Waals surface area contributed by atoms with Gasteiger partial charge in [-0.1, -0.05) is 11.3 Å². The van der Waals surface area contributed by atoms with Crippen molar-refractivity contribution in [2.24, 2.45) is 0 Å². The first-order valence-electron chi connectivity index (χ1n) is 5.57. The van der Waals surface area contributed by atoms with Gasteiger partial charge in [-0.2, -0.15) is 21.0 Å². The number of thiophene rings is 1. The van der Waals surface area contributed by atoms with Crippen molar-refractivity contribution in [1.29, 1.82) is 0 Å². The summed E-state index contributed by atoms with van der Waals surface area (Å²) in [6, 6.07) is 5.86. The highest BCUT2D eigenvalue weighted by Gasteiger charge is 2.14. The average molecular weight is 285 g/mol. The zero-order valence-corrected chi connectivity index (χ0v) is 11.2. The van der Waals surface area contributed by atoms with Gasteiger partial charge < -0.3 is 0 Å². The van der Waals surface area contributed by atoms with Crippen LogP contribution in [0.25, 0.3) is 26.9 Å². The van der Waals surface area contributed by atoms with Crippen molar-refractivity contribution < 1.29 is 0 Å². The Labute approximate surface area is 116 Å². The van der Waals surface area contributed by atoms with Crippen LogP contribution < -0.4 is 0 Å². The SMILES string of the molecule is c1cc(-c2nnc3sc(-c4ccsc4)nn23)ccn1. The van der Waals surface area contributed by atoms with Crippen LogP contribution in [0.4, 0.5) is 0 Å². The molecule has 0 saturated carbocycles. The topological polar surface area (TPSA) is 56.0 Å². The molecule has 7 heteroatoms. The summed E-state index contributed by atoms with van der Waals surface area (Å²) in [4.78, 5) is 4.81. The Hall–Kier alpha value is -2.12. The van der Waals surface area contributed by atoms with E-state index in [4.69, 9.17) is 0 Å². The Morgan fingerprint density at radius 3 is 2.68 bits per heavy atom. The van der Waals surface area contributed by atoms with Crippen LogP contribution in [-0.4, -0.2) is 24.8 Å². The second-order valence-corrected chi connectivity index (χ2v) is 5.61. The second kappa shape index (κ2) is 4.22. The zero-order valence-electron chi connectivity index (χ0n) is 9.59. The smallest absolute Gasteiger partial charge is 0.235 e. The van der Waals surface area contributed by atoms with Crippen LogP contribution in [0.5, 0.6) is 0 Å². The molecule has 0 spiro atoms. The van der Waals surface area contributed by atoms with Gasteiger partial charge in [-0.25, -0.2) is 0 Å². The fourth-order valence-electron chi connectivity index (χ4n) is 1.80. The third-order valence-corrected chi connectivity index (χ3v) is 4.33. The van der Waals surface area contributed by atoms with Gasteiger partial charge in [-0.05, 0) is 23.6 Å². The minimum absolute atomic E-state index is 0.745. The van der Waals surface area contributed by atoms with Gasteiger partial charge >= 0.3 is 0 Å². The highest BCUT2D eigenvalue weighted by Crippen LogP contribution is 2.28. The maximum Gasteiger partial charge on any atom is 0.235 e. The van der Waals surface area contributed by atoms with Gasteiger partial charge in [0.1, 0.15) is 5.01 Å². The monoisotopic (exact) mass is 285 g/mol. The number of fused-ring (bicyclic) bond motifs is 1. The van der Waals surface area contributed by atoms with Gasteiger partial charge in [-0.3, -0.25) is 4.98 Å². The number of hydrogen-bond acceptors (Lipinski definition) is 6. The maximum atomic E-state index is 4.59. The molecular formula is C12H7N5S2. The van der Waals surface area contributed by atoms with Gasteiger partial charge in [0.2, 0.25) is 4.96 Å². The lowest BCUT2D eigenvalue weighted by Gasteiger charge is -1.94. The number of hydrogen-bond donors (Lipinski definition) is 0. The first kappa shape index (κ1) is 10.8. The number of pyridine rings is 1. The third kappa shape index (κ3) is 1.74. The molecule has 0 amide bonds. The Balaban J connectivity index is 1.90. The second-order valence-electron chi connectivity index (χ2n) is 3.87. The molecule has 4 heterocycles. The molecule has 4 rings (SSSR count). The van der Waals surface area contributed by atoms with E-state index in [0.29, 0.717) is 0 Å². The summed E-state index contributed by atoms with van der Waals surface area (Å²) in [5.41, 5.74) is 2.09. The van der Waals surface area contributed by atoms with Crippen molar-refractivity contribution in [2.45, 2.75) is 0 Å². The predicted octanol–water partition coefficient (Wildman–Crippen LogP) is 2.98. The van der Waals surface area contributed by atoms with Crippen molar-refractivity contribution in [3.8, 4) is 22.0 Å². The molecule has 0 aliphatic heterocycles. The molecule has 0 radical (unpaired) electrons. The Bertz CT molecular complexity index is 816. The Morgan fingerprint density at radius 1 is 1.00 bits per heavy atom. The molecule has 0 aliphatic rings. The fraction of sp³-hybridized carbons (Fsp3) is 0. The van der Waals surface area contributed by atoms with Crippen LogP contribution in [-0.2, 0) is 0 Å². The van der Waals surface area contributed by atoms with E-state index in [1.54, 1.807) is 28.2 Å². The third-order valence-electron chi connectivity index (χ3n) is 2.70. The average Bonchev–Trinajstić information content (AvgIpc) is 3.15. The van der Waals surface area contributed by atoms with E-state index in [2.05, 4.69) is 31.7 Å². The molecule has 4 aromatic heterocycles. The lowest BCUT2D eigenvalue weighted by atomic mass is 10.2. The first-order chi connectivity index (χ1) is 9.42. The molecule has 19 heavy (non-hydrogen) atoms. The molecule has 0 aromatic carbocycles. The molecule has 0 aliphatic carbocycles. The van der Waals surface area contributed by atoms with Crippen LogP contribution in [0.15, 0.2) is 41.4 Å². The van der Waals surface area contributed by atoms with Crippen molar-refractivity contribution in [2.75, 3.05) is 0 Å². The van der Waals surface area contributed by atoms with Crippen LogP contribution in [0.3, 0.4) is 0 Å². The molecule has 0 atom stereocenters. The summed E-state index contributed by atoms with van der Waals surface area (Å²) in [5.74, 6) is 0.745. The summed E-state index contributed by atoms with van der Waals surface area (Å²) >= 11 is 3.20. The first-order valence-corrected chi connectivity index (χ1v) is 7.33. The lowest BCUT2D eigenvalue weighted by molar-refractivity contribution is 0.970. The summed E-state index contributed by atoms with van der Waals surface area (Å²) in [7, 11) is 0. The maximum absolute atomic E-state index is 4.59. The van der Waals surface area contributed by atoms with E-state index in [-0.39, 0.29) is 0 Å². The van der Waals surface area contributed by atoms with Gasteiger partial charge in [0.15, 0.2) is 5.82 Å². The highest BCUT2D eigenvalue weighted by molar-refractivity contribution is 7.20. The lowest BCUT2D eigenvalue weighted by Crippen LogP contribution is -1.90. The van der Waals surface area contributed by atoms with Crippen LogP contribution >= 0.6 is 22.7 Å². The predicted molar refractivity (Wildman–Crippen MR) is 75.2 cm³/mol. The normalized spacial score (nSPS) is 11.2. The highest BCUT2D eigenvalue weighted by atomic mass is 32.1. The van der Waals surface area contributed by atoms with E-state index in [1.165, 1.54) is 11.3 Å². The number of nitrogens with zero attached hydrogens (tertiary/aromatic N) is 5. The van der Waals surface area contributed by atoms with E-state index in [1.807, 2.05) is 17.5 Å². The van der Waals surface area contributed by atoms with Crippen LogP contribution in [0.2, 0.25) is 0 Å². The standard InChI is InChI=1S/C12H7N5S2/c1-4-13-5-2-8(1)10-14-15-12-17(10)16-11(19-12)9-3-6-18-7-9/h1-7H. The summed E-state index contributed by atoms with van der Waals surface area (Å²) < 4.78 is 1.78. The fourth-order valence-corrected chi connectivity index (χ4v) is 3.35. The minimum Gasteiger partial charge on any atom is -0.265 e. The number of aromatic nitrogens is 5. The van der Waals surface area contributed by atoms with Gasteiger partial charge in [0.05, 0.1) is 0 Å². The van der Waals surface area contributed by atoms with Gasteiger partial charge in [-0.15, -0.1) is 10.2 Å². The summed E-state index contributed by atoms with van der Waals surface area (Å²) in [5, 5.41) is 18.0. The molecule has 4 aromatic rings. The summed E-state index contributed by atoms with van der Waals surface area (Å²) in [6.45, 7) is 0. The molecule has 0 bridgehead atoms. The number of rotatable bonds is 2. The molecular weight excluding hydrogens is 278 g/mol. The van der Waals surface area contributed by atoms with Gasteiger partial charge in [0.25, 0.3) is 0 Å². The summed E-state index contributed by atoms with van der Waals surface area (Å²) in [6.07, 6.45) is 3.48. The van der Waals surface area contributed by atoms with Crippen molar-refractivity contribution in [3.05, 3.63) is 41.4 Å². The zero-order chi connectivity index (χ0) is 12.7. The molecule has 0 fully saturated rings. The van der Waals surface area contributed by atoms with Crippen molar-refractivity contribution in [3.63, 3.8) is 0 Å². The molecule has 0 unspecified atom stereocenters. The van der Waals surface area contributed by atoms with Gasteiger partial charge in [0, 0.05) is 28.9 Å². The molecule has 5 nitrogen and oxygen atoms in total. The molecule has 92 valence electrons. The Kier molecular flexibility index (Phi) is 2.39. The minimum atomic E-state index is 0.745. The van der Waals surface area contributed by atoms with Crippen LogP contribution in [0.1, 0.15) is 0 Å². The molecule has 0 N–H and O–H groups in total. The van der Waals surface area contributed by atoms with Crippen LogP contribution in [0, 0.1) is 0 Å². The van der Waals surface area contributed by atoms with E-state index < -0.39 is 0 Å². The quantitative estimate of drug-likeness (QED) is 0.568. The van der Waals surface area contributed by atoms with Crippen molar-refractivity contribution >= 4 is 27.6 Å².